The number of thiazole rings is 1. The van der Waals surface area contributed by atoms with Gasteiger partial charge in [-0.15, -0.1) is 11.3 Å². The van der Waals surface area contributed by atoms with Gasteiger partial charge in [-0.2, -0.15) is 0 Å². The normalized spacial score (nSPS) is 10.8. The van der Waals surface area contributed by atoms with E-state index in [1.54, 1.807) is 35.6 Å². The van der Waals surface area contributed by atoms with Crippen LogP contribution in [0.4, 0.5) is 11.4 Å². The maximum absolute atomic E-state index is 11.9. The van der Waals surface area contributed by atoms with Crippen LogP contribution in [0.1, 0.15) is 10.6 Å². The van der Waals surface area contributed by atoms with E-state index in [2.05, 4.69) is 10.3 Å². The second kappa shape index (κ2) is 6.49. The van der Waals surface area contributed by atoms with E-state index in [0.29, 0.717) is 12.2 Å². The van der Waals surface area contributed by atoms with E-state index in [-0.39, 0.29) is 5.91 Å². The molecule has 0 saturated carbocycles. The number of carbonyl (C=O) groups excluding carboxylic acids is 1. The van der Waals surface area contributed by atoms with Crippen molar-refractivity contribution in [2.75, 3.05) is 24.6 Å². The molecule has 1 amide bonds. The van der Waals surface area contributed by atoms with Gasteiger partial charge >= 0.3 is 0 Å². The van der Waals surface area contributed by atoms with Crippen molar-refractivity contribution in [2.45, 2.75) is 13.5 Å². The van der Waals surface area contributed by atoms with Crippen LogP contribution in [0.5, 0.6) is 0 Å². The van der Waals surface area contributed by atoms with E-state index >= 15 is 0 Å². The lowest BCUT2D eigenvalue weighted by Crippen LogP contribution is -2.29. The number of nitrogens with one attached hydrogen (secondary N) is 1. The summed E-state index contributed by atoms with van der Waals surface area (Å²) in [5, 5.41) is 2.85. The summed E-state index contributed by atoms with van der Waals surface area (Å²) in [7, 11) is 1.92. The maximum atomic E-state index is 11.9. The van der Waals surface area contributed by atoms with Crippen LogP contribution in [0, 0.1) is 6.92 Å². The largest absolute Gasteiger partial charge is 0.399 e. The first-order valence-electron chi connectivity index (χ1n) is 6.27. The van der Waals surface area contributed by atoms with Crippen molar-refractivity contribution in [2.24, 2.45) is 0 Å². The Hall–Kier alpha value is -1.92. The Balaban J connectivity index is 1.85. The average molecular weight is 290 g/mol. The highest BCUT2D eigenvalue weighted by atomic mass is 32.1. The standard InChI is InChI=1S/C14H18N4OS/c1-10-13(20-9-16-10)7-18(2)8-14(19)17-12-5-3-11(15)4-6-12/h3-6,9H,7-8,15H2,1-2H3,(H,17,19). The van der Waals surface area contributed by atoms with Gasteiger partial charge in [0.25, 0.3) is 0 Å². The van der Waals surface area contributed by atoms with Crippen molar-refractivity contribution >= 4 is 28.6 Å². The summed E-state index contributed by atoms with van der Waals surface area (Å²) in [5.74, 6) is -0.0422. The van der Waals surface area contributed by atoms with E-state index in [0.717, 1.165) is 17.9 Å². The highest BCUT2D eigenvalue weighted by Crippen LogP contribution is 2.14. The van der Waals surface area contributed by atoms with Crippen molar-refractivity contribution in [3.8, 4) is 0 Å². The molecule has 5 nitrogen and oxygen atoms in total. The first kappa shape index (κ1) is 14.5. The number of aromatic nitrogens is 1. The molecule has 0 atom stereocenters. The van der Waals surface area contributed by atoms with Gasteiger partial charge < -0.3 is 11.1 Å². The van der Waals surface area contributed by atoms with Gasteiger partial charge in [-0.1, -0.05) is 0 Å². The number of hydrogen-bond donors (Lipinski definition) is 2. The number of likely N-dealkylation sites (N-methyl/N-ethyl adjacent to an activating group) is 1. The summed E-state index contributed by atoms with van der Waals surface area (Å²) in [6.45, 7) is 3.04. The molecule has 0 spiro atoms. The van der Waals surface area contributed by atoms with E-state index in [1.165, 1.54) is 4.88 Å². The summed E-state index contributed by atoms with van der Waals surface area (Å²) >= 11 is 1.61. The Morgan fingerprint density at radius 3 is 2.70 bits per heavy atom. The number of aryl methyl sites for hydroxylation is 1. The predicted molar refractivity (Wildman–Crippen MR) is 82.7 cm³/mol. The fraction of sp³-hybridized carbons (Fsp3) is 0.286. The maximum Gasteiger partial charge on any atom is 0.238 e. The molecule has 2 rings (SSSR count). The van der Waals surface area contributed by atoms with Crippen LogP contribution in [0.2, 0.25) is 0 Å². The van der Waals surface area contributed by atoms with Crippen molar-refractivity contribution in [1.29, 1.82) is 0 Å². The smallest absolute Gasteiger partial charge is 0.238 e. The second-order valence-corrected chi connectivity index (χ2v) is 5.64. The SMILES string of the molecule is Cc1ncsc1CN(C)CC(=O)Nc1ccc(N)cc1. The minimum Gasteiger partial charge on any atom is -0.399 e. The van der Waals surface area contributed by atoms with Gasteiger partial charge in [0.1, 0.15) is 0 Å². The quantitative estimate of drug-likeness (QED) is 0.827. The number of rotatable bonds is 5. The Labute approximate surface area is 122 Å². The van der Waals surface area contributed by atoms with Gasteiger partial charge in [-0.05, 0) is 38.2 Å². The molecule has 0 bridgehead atoms. The van der Waals surface area contributed by atoms with Crippen LogP contribution in [0.3, 0.4) is 0 Å². The highest BCUT2D eigenvalue weighted by molar-refractivity contribution is 7.09. The number of anilines is 2. The Morgan fingerprint density at radius 1 is 1.40 bits per heavy atom. The zero-order valence-corrected chi connectivity index (χ0v) is 12.4. The van der Waals surface area contributed by atoms with E-state index in [4.69, 9.17) is 5.73 Å². The molecule has 0 aliphatic heterocycles. The molecule has 0 unspecified atom stereocenters. The predicted octanol–water partition coefficient (Wildman–Crippen LogP) is 2.10. The molecule has 1 aromatic carbocycles. The molecule has 0 aliphatic rings. The number of nitrogen functional groups attached to an aromatic ring is 1. The van der Waals surface area contributed by atoms with Gasteiger partial charge in [-0.3, -0.25) is 9.69 Å². The van der Waals surface area contributed by atoms with Crippen LogP contribution in [0.15, 0.2) is 29.8 Å². The third kappa shape index (κ3) is 4.04. The molecule has 106 valence electrons. The molecular weight excluding hydrogens is 272 g/mol. The fourth-order valence-electron chi connectivity index (χ4n) is 1.79. The molecular formula is C14H18N4OS. The molecule has 2 aromatic rings. The third-order valence-corrected chi connectivity index (χ3v) is 3.79. The van der Waals surface area contributed by atoms with E-state index in [1.807, 2.05) is 24.4 Å². The number of amides is 1. The van der Waals surface area contributed by atoms with Gasteiger partial charge in [0.15, 0.2) is 0 Å². The number of carbonyl (C=O) groups is 1. The van der Waals surface area contributed by atoms with Crippen molar-refractivity contribution in [1.82, 2.24) is 9.88 Å². The Bertz CT molecular complexity index is 579. The van der Waals surface area contributed by atoms with E-state index < -0.39 is 0 Å². The van der Waals surface area contributed by atoms with Crippen molar-refractivity contribution < 1.29 is 4.79 Å². The van der Waals surface area contributed by atoms with Gasteiger partial charge in [0, 0.05) is 22.8 Å². The van der Waals surface area contributed by atoms with Crippen LogP contribution < -0.4 is 11.1 Å². The molecule has 1 heterocycles. The second-order valence-electron chi connectivity index (χ2n) is 4.70. The molecule has 0 radical (unpaired) electrons. The lowest BCUT2D eigenvalue weighted by molar-refractivity contribution is -0.117. The zero-order valence-electron chi connectivity index (χ0n) is 11.6. The van der Waals surface area contributed by atoms with Crippen molar-refractivity contribution in [3.63, 3.8) is 0 Å². The zero-order chi connectivity index (χ0) is 14.5. The third-order valence-electron chi connectivity index (χ3n) is 2.87. The first-order chi connectivity index (χ1) is 9.54. The van der Waals surface area contributed by atoms with E-state index in [9.17, 15) is 4.79 Å². The molecule has 20 heavy (non-hydrogen) atoms. The molecule has 6 heteroatoms. The Morgan fingerprint density at radius 2 is 2.10 bits per heavy atom. The fourth-order valence-corrected chi connectivity index (χ4v) is 2.65. The topological polar surface area (TPSA) is 71.2 Å². The summed E-state index contributed by atoms with van der Waals surface area (Å²) in [6.07, 6.45) is 0. The Kier molecular flexibility index (Phi) is 4.70. The summed E-state index contributed by atoms with van der Waals surface area (Å²) < 4.78 is 0. The van der Waals surface area contributed by atoms with Crippen molar-refractivity contribution in [3.05, 3.63) is 40.3 Å². The molecule has 0 fully saturated rings. The molecule has 1 aromatic heterocycles. The van der Waals surface area contributed by atoms with Gasteiger partial charge in [0.05, 0.1) is 17.7 Å². The average Bonchev–Trinajstić information content (AvgIpc) is 2.77. The van der Waals surface area contributed by atoms with Gasteiger partial charge in [-0.25, -0.2) is 4.98 Å². The number of hydrogen-bond acceptors (Lipinski definition) is 5. The number of nitrogens with zero attached hydrogens (tertiary/aromatic N) is 2. The van der Waals surface area contributed by atoms with Crippen LogP contribution in [-0.2, 0) is 11.3 Å². The summed E-state index contributed by atoms with van der Waals surface area (Å²) in [6, 6.07) is 7.11. The lowest BCUT2D eigenvalue weighted by atomic mass is 10.3. The van der Waals surface area contributed by atoms with Crippen LogP contribution in [-0.4, -0.2) is 29.4 Å². The lowest BCUT2D eigenvalue weighted by Gasteiger charge is -2.15. The van der Waals surface area contributed by atoms with Gasteiger partial charge in [0.2, 0.25) is 5.91 Å². The minimum atomic E-state index is -0.0422. The van der Waals surface area contributed by atoms with Crippen LogP contribution >= 0.6 is 11.3 Å². The molecule has 0 saturated heterocycles. The molecule has 0 aliphatic carbocycles. The summed E-state index contributed by atoms with van der Waals surface area (Å²) in [4.78, 5) is 19.3. The number of nitrogens with two attached hydrogens (primary N) is 1. The highest BCUT2D eigenvalue weighted by Gasteiger charge is 2.10. The first-order valence-corrected chi connectivity index (χ1v) is 7.15. The number of benzene rings is 1. The monoisotopic (exact) mass is 290 g/mol. The minimum absolute atomic E-state index is 0.0422. The summed E-state index contributed by atoms with van der Waals surface area (Å²) in [5.41, 5.74) is 9.89. The van der Waals surface area contributed by atoms with Crippen LogP contribution in [0.25, 0.3) is 0 Å². The molecule has 3 N–H and O–H groups in total.